The zero-order chi connectivity index (χ0) is 14.5. The fourth-order valence-electron chi connectivity index (χ4n) is 1.83. The maximum Gasteiger partial charge on any atom is 0.271 e. The summed E-state index contributed by atoms with van der Waals surface area (Å²) in [6.45, 7) is 2.49. The molecule has 0 aliphatic heterocycles. The van der Waals surface area contributed by atoms with E-state index in [0.29, 0.717) is 18.7 Å². The number of rotatable bonds is 5. The third-order valence-electron chi connectivity index (χ3n) is 2.86. The largest absolute Gasteiger partial charge is 0.344 e. The number of nitrogens with two attached hydrogens (primary N) is 1. The minimum atomic E-state index is -0.159. The zero-order valence-corrected chi connectivity index (χ0v) is 13.5. The van der Waals surface area contributed by atoms with Crippen molar-refractivity contribution in [3.8, 4) is 0 Å². The van der Waals surface area contributed by atoms with E-state index >= 15 is 0 Å². The Labute approximate surface area is 130 Å². The number of aromatic nitrogens is 1. The summed E-state index contributed by atoms with van der Waals surface area (Å²) in [6.07, 6.45) is 0.706. The number of amides is 1. The average molecular weight is 354 g/mol. The molecule has 0 saturated heterocycles. The molecule has 0 aliphatic carbocycles. The Morgan fingerprint density at radius 2 is 2.25 bits per heavy atom. The third kappa shape index (κ3) is 3.65. The maximum atomic E-state index is 12.1. The van der Waals surface area contributed by atoms with Crippen LogP contribution in [0.5, 0.6) is 0 Å². The minimum absolute atomic E-state index is 0.0854. The smallest absolute Gasteiger partial charge is 0.271 e. The van der Waals surface area contributed by atoms with Crippen molar-refractivity contribution in [3.05, 3.63) is 50.4 Å². The molecular weight excluding hydrogens is 338 g/mol. The Hall–Kier alpha value is -1.24. The maximum absolute atomic E-state index is 12.1. The van der Waals surface area contributed by atoms with E-state index in [4.69, 9.17) is 5.73 Å². The van der Waals surface area contributed by atoms with Crippen LogP contribution in [0, 0.1) is 0 Å². The molecule has 1 aromatic carbocycles. The van der Waals surface area contributed by atoms with Crippen LogP contribution < -0.4 is 11.1 Å². The van der Waals surface area contributed by atoms with E-state index in [0.717, 1.165) is 15.0 Å². The number of thiazole rings is 1. The summed E-state index contributed by atoms with van der Waals surface area (Å²) in [7, 11) is 0. The van der Waals surface area contributed by atoms with Gasteiger partial charge in [0, 0.05) is 16.3 Å². The molecule has 20 heavy (non-hydrogen) atoms. The summed E-state index contributed by atoms with van der Waals surface area (Å²) in [5.41, 5.74) is 6.98. The van der Waals surface area contributed by atoms with Gasteiger partial charge in [-0.05, 0) is 25.1 Å². The van der Waals surface area contributed by atoms with Crippen molar-refractivity contribution in [1.82, 2.24) is 10.3 Å². The van der Waals surface area contributed by atoms with E-state index in [1.165, 1.54) is 11.3 Å². The zero-order valence-electron chi connectivity index (χ0n) is 11.1. The minimum Gasteiger partial charge on any atom is -0.344 e. The monoisotopic (exact) mass is 353 g/mol. The molecule has 4 nitrogen and oxygen atoms in total. The lowest BCUT2D eigenvalue weighted by atomic mass is 10.1. The van der Waals surface area contributed by atoms with Crippen molar-refractivity contribution in [2.75, 3.05) is 6.54 Å². The number of halogens is 1. The lowest BCUT2D eigenvalue weighted by molar-refractivity contribution is 0.0935. The van der Waals surface area contributed by atoms with Gasteiger partial charge in [-0.25, -0.2) is 4.98 Å². The molecule has 3 N–H and O–H groups in total. The molecule has 0 radical (unpaired) electrons. The lowest BCUT2D eigenvalue weighted by Gasteiger charge is -2.15. The summed E-state index contributed by atoms with van der Waals surface area (Å²) < 4.78 is 0.981. The molecule has 2 aromatic rings. The Kier molecular flexibility index (Phi) is 5.28. The number of hydrogen-bond acceptors (Lipinski definition) is 4. The summed E-state index contributed by atoms with van der Waals surface area (Å²) in [5.74, 6) is -0.159. The van der Waals surface area contributed by atoms with Crippen molar-refractivity contribution in [1.29, 1.82) is 0 Å². The van der Waals surface area contributed by atoms with Crippen molar-refractivity contribution >= 4 is 33.2 Å². The number of benzene rings is 1. The van der Waals surface area contributed by atoms with Crippen LogP contribution in [-0.4, -0.2) is 17.4 Å². The molecule has 0 bridgehead atoms. The first-order chi connectivity index (χ1) is 9.61. The van der Waals surface area contributed by atoms with Gasteiger partial charge in [-0.15, -0.1) is 11.3 Å². The first-order valence-electron chi connectivity index (χ1n) is 6.31. The molecule has 1 unspecified atom stereocenters. The van der Waals surface area contributed by atoms with Gasteiger partial charge in [-0.1, -0.05) is 34.1 Å². The SMILES string of the molecule is CC(NC(=O)c1csc(CCN)n1)c1ccccc1Br. The lowest BCUT2D eigenvalue weighted by Crippen LogP contribution is -2.27. The van der Waals surface area contributed by atoms with Gasteiger partial charge < -0.3 is 11.1 Å². The fourth-order valence-corrected chi connectivity index (χ4v) is 3.25. The van der Waals surface area contributed by atoms with Gasteiger partial charge in [-0.3, -0.25) is 4.79 Å². The molecule has 106 valence electrons. The van der Waals surface area contributed by atoms with Crippen LogP contribution in [0.2, 0.25) is 0 Å². The van der Waals surface area contributed by atoms with Crippen molar-refractivity contribution in [2.45, 2.75) is 19.4 Å². The van der Waals surface area contributed by atoms with Crippen LogP contribution >= 0.6 is 27.3 Å². The topological polar surface area (TPSA) is 68.0 Å². The molecule has 6 heteroatoms. The number of carbonyl (C=O) groups is 1. The number of nitrogens with zero attached hydrogens (tertiary/aromatic N) is 1. The van der Waals surface area contributed by atoms with Gasteiger partial charge in [0.15, 0.2) is 0 Å². The highest BCUT2D eigenvalue weighted by Crippen LogP contribution is 2.23. The Bertz CT molecular complexity index is 600. The van der Waals surface area contributed by atoms with Gasteiger partial charge in [0.05, 0.1) is 11.0 Å². The average Bonchev–Trinajstić information content (AvgIpc) is 2.88. The highest BCUT2D eigenvalue weighted by Gasteiger charge is 2.15. The molecule has 0 fully saturated rings. The van der Waals surface area contributed by atoms with Crippen LogP contribution in [0.15, 0.2) is 34.1 Å². The van der Waals surface area contributed by atoms with E-state index in [-0.39, 0.29) is 11.9 Å². The van der Waals surface area contributed by atoms with E-state index in [2.05, 4.69) is 26.2 Å². The molecular formula is C14H16BrN3OS. The molecule has 0 aliphatic rings. The van der Waals surface area contributed by atoms with Gasteiger partial charge in [0.25, 0.3) is 5.91 Å². The molecule has 1 aromatic heterocycles. The summed E-state index contributed by atoms with van der Waals surface area (Å²) in [5, 5.41) is 5.62. The standard InChI is InChI=1S/C14H16BrN3OS/c1-9(10-4-2-3-5-11(10)15)17-14(19)12-8-20-13(18-12)6-7-16/h2-5,8-9H,6-7,16H2,1H3,(H,17,19). The second-order valence-electron chi connectivity index (χ2n) is 4.38. The van der Waals surface area contributed by atoms with Gasteiger partial charge in [0.2, 0.25) is 0 Å². The van der Waals surface area contributed by atoms with Gasteiger partial charge >= 0.3 is 0 Å². The molecule has 1 atom stereocenters. The Balaban J connectivity index is 2.05. The molecule has 1 heterocycles. The molecule has 0 saturated carbocycles. The van der Waals surface area contributed by atoms with Crippen molar-refractivity contribution in [2.24, 2.45) is 5.73 Å². The molecule has 2 rings (SSSR count). The quantitative estimate of drug-likeness (QED) is 0.868. The Morgan fingerprint density at radius 3 is 2.95 bits per heavy atom. The van der Waals surface area contributed by atoms with Gasteiger partial charge in [0.1, 0.15) is 5.69 Å². The van der Waals surface area contributed by atoms with Crippen LogP contribution in [0.25, 0.3) is 0 Å². The fraction of sp³-hybridized carbons (Fsp3) is 0.286. The number of carbonyl (C=O) groups excluding carboxylic acids is 1. The van der Waals surface area contributed by atoms with E-state index in [9.17, 15) is 4.79 Å². The second kappa shape index (κ2) is 6.97. The van der Waals surface area contributed by atoms with Crippen molar-refractivity contribution in [3.63, 3.8) is 0 Å². The summed E-state index contributed by atoms with van der Waals surface area (Å²) in [6, 6.07) is 7.75. The third-order valence-corrected chi connectivity index (χ3v) is 4.49. The second-order valence-corrected chi connectivity index (χ2v) is 6.18. The Morgan fingerprint density at radius 1 is 1.50 bits per heavy atom. The highest BCUT2D eigenvalue weighted by atomic mass is 79.9. The van der Waals surface area contributed by atoms with Crippen LogP contribution in [0.3, 0.4) is 0 Å². The molecule has 1 amide bonds. The normalized spacial score (nSPS) is 12.2. The summed E-state index contributed by atoms with van der Waals surface area (Å²) in [4.78, 5) is 16.4. The van der Waals surface area contributed by atoms with E-state index in [1.807, 2.05) is 31.2 Å². The molecule has 0 spiro atoms. The highest BCUT2D eigenvalue weighted by molar-refractivity contribution is 9.10. The van der Waals surface area contributed by atoms with Crippen molar-refractivity contribution < 1.29 is 4.79 Å². The predicted octanol–water partition coefficient (Wildman–Crippen LogP) is 2.90. The van der Waals surface area contributed by atoms with Crippen LogP contribution in [0.4, 0.5) is 0 Å². The van der Waals surface area contributed by atoms with E-state index in [1.54, 1.807) is 5.38 Å². The predicted molar refractivity (Wildman–Crippen MR) is 84.9 cm³/mol. The first kappa shape index (κ1) is 15.2. The van der Waals surface area contributed by atoms with Crippen LogP contribution in [0.1, 0.15) is 34.0 Å². The summed E-state index contributed by atoms with van der Waals surface area (Å²) >= 11 is 4.96. The van der Waals surface area contributed by atoms with E-state index < -0.39 is 0 Å². The number of nitrogens with one attached hydrogen (secondary N) is 1. The van der Waals surface area contributed by atoms with Crippen LogP contribution in [-0.2, 0) is 6.42 Å². The first-order valence-corrected chi connectivity index (χ1v) is 7.99. The number of hydrogen-bond donors (Lipinski definition) is 2. The van der Waals surface area contributed by atoms with Gasteiger partial charge in [-0.2, -0.15) is 0 Å².